The molecule has 0 aliphatic carbocycles. The Labute approximate surface area is 263 Å². The molecule has 0 radical (unpaired) electrons. The van der Waals surface area contributed by atoms with Gasteiger partial charge in [-0.25, -0.2) is 8.42 Å². The fraction of sp³-hybridized carbons (Fsp3) is 0.235. The summed E-state index contributed by atoms with van der Waals surface area (Å²) in [5.74, 6) is -0.990. The summed E-state index contributed by atoms with van der Waals surface area (Å²) >= 11 is 0. The summed E-state index contributed by atoms with van der Waals surface area (Å²) in [5, 5.41) is 14.2. The van der Waals surface area contributed by atoms with Crippen LogP contribution in [0.3, 0.4) is 0 Å². The number of carbonyl (C=O) groups excluding carboxylic acids is 2. The first-order valence-corrected chi connectivity index (χ1v) is 15.9. The molecule has 0 saturated carbocycles. The summed E-state index contributed by atoms with van der Waals surface area (Å²) in [7, 11) is -4.30. The molecular weight excluding hydrogens is 592 g/mol. The first-order valence-electron chi connectivity index (χ1n) is 14.5. The summed E-state index contributed by atoms with van der Waals surface area (Å²) in [4.78, 5) is 40.2. The fourth-order valence-electron chi connectivity index (χ4n) is 4.81. The molecule has 0 bridgehead atoms. The van der Waals surface area contributed by atoms with Crippen LogP contribution in [0.2, 0.25) is 0 Å². The number of non-ortho nitro benzene ring substituents is 1. The molecule has 0 aliphatic rings. The first kappa shape index (κ1) is 32.9. The van der Waals surface area contributed by atoms with E-state index in [0.717, 1.165) is 21.0 Å². The van der Waals surface area contributed by atoms with E-state index in [1.807, 2.05) is 75.4 Å². The monoisotopic (exact) mass is 628 g/mol. The van der Waals surface area contributed by atoms with Crippen LogP contribution in [0.4, 0.5) is 11.4 Å². The summed E-state index contributed by atoms with van der Waals surface area (Å²) in [6.45, 7) is 4.99. The Kier molecular flexibility index (Phi) is 10.7. The average molecular weight is 629 g/mol. The van der Waals surface area contributed by atoms with Crippen LogP contribution < -0.4 is 9.62 Å². The molecule has 1 N–H and O–H groups in total. The van der Waals surface area contributed by atoms with Crippen LogP contribution in [0.25, 0.3) is 0 Å². The Bertz CT molecular complexity index is 1710. The molecule has 0 fully saturated rings. The lowest BCUT2D eigenvalue weighted by Crippen LogP contribution is -2.54. The van der Waals surface area contributed by atoms with E-state index in [1.165, 1.54) is 41.3 Å². The quantitative estimate of drug-likeness (QED) is 0.159. The highest BCUT2D eigenvalue weighted by Crippen LogP contribution is 2.27. The van der Waals surface area contributed by atoms with Gasteiger partial charge in [0, 0.05) is 31.1 Å². The second-order valence-electron chi connectivity index (χ2n) is 11.0. The van der Waals surface area contributed by atoms with Gasteiger partial charge >= 0.3 is 0 Å². The van der Waals surface area contributed by atoms with Crippen molar-refractivity contribution in [2.24, 2.45) is 0 Å². The lowest BCUT2D eigenvalue weighted by Gasteiger charge is -2.34. The average Bonchev–Trinajstić information content (AvgIpc) is 3.03. The van der Waals surface area contributed by atoms with E-state index in [9.17, 15) is 28.1 Å². The van der Waals surface area contributed by atoms with Gasteiger partial charge in [0.2, 0.25) is 11.8 Å². The van der Waals surface area contributed by atoms with Gasteiger partial charge in [0.1, 0.15) is 12.6 Å². The number of nitrogens with one attached hydrogen (secondary N) is 1. The zero-order valence-electron chi connectivity index (χ0n) is 25.4. The van der Waals surface area contributed by atoms with Crippen molar-refractivity contribution in [3.05, 3.63) is 136 Å². The predicted molar refractivity (Wildman–Crippen MR) is 173 cm³/mol. The summed E-state index contributed by atoms with van der Waals surface area (Å²) in [6.07, 6.45) is 0.194. The van der Waals surface area contributed by atoms with Crippen molar-refractivity contribution >= 4 is 33.2 Å². The maximum Gasteiger partial charge on any atom is 0.269 e. The molecule has 4 aromatic rings. The molecule has 0 unspecified atom stereocenters. The molecule has 11 heteroatoms. The van der Waals surface area contributed by atoms with E-state index < -0.39 is 33.4 Å². The minimum Gasteiger partial charge on any atom is -0.352 e. The van der Waals surface area contributed by atoms with Gasteiger partial charge in [0.15, 0.2) is 0 Å². The maximum atomic E-state index is 14.4. The number of carbonyl (C=O) groups is 2. The van der Waals surface area contributed by atoms with E-state index in [4.69, 9.17) is 0 Å². The Morgan fingerprint density at radius 3 is 1.96 bits per heavy atom. The molecule has 0 saturated heterocycles. The molecule has 1 atom stereocenters. The predicted octanol–water partition coefficient (Wildman–Crippen LogP) is 5.26. The third kappa shape index (κ3) is 8.54. The third-order valence-electron chi connectivity index (χ3n) is 7.13. The van der Waals surface area contributed by atoms with Crippen LogP contribution in [0.5, 0.6) is 0 Å². The van der Waals surface area contributed by atoms with E-state index in [-0.39, 0.29) is 41.2 Å². The van der Waals surface area contributed by atoms with Crippen molar-refractivity contribution in [2.75, 3.05) is 10.8 Å². The number of amides is 2. The molecule has 0 spiro atoms. The van der Waals surface area contributed by atoms with Crippen LogP contribution >= 0.6 is 0 Å². The summed E-state index contributed by atoms with van der Waals surface area (Å²) in [5.41, 5.74) is 2.45. The van der Waals surface area contributed by atoms with Gasteiger partial charge in [-0.15, -0.1) is 0 Å². The molecule has 2 amide bonds. The molecule has 45 heavy (non-hydrogen) atoms. The van der Waals surface area contributed by atoms with E-state index in [0.29, 0.717) is 0 Å². The lowest BCUT2D eigenvalue weighted by atomic mass is 10.0. The third-order valence-corrected chi connectivity index (χ3v) is 8.92. The minimum absolute atomic E-state index is 0.0433. The van der Waals surface area contributed by atoms with E-state index in [1.54, 1.807) is 18.2 Å². The second-order valence-corrected chi connectivity index (χ2v) is 12.8. The van der Waals surface area contributed by atoms with Crippen LogP contribution in [-0.4, -0.2) is 48.7 Å². The molecule has 10 nitrogen and oxygen atoms in total. The topological polar surface area (TPSA) is 130 Å². The molecule has 0 aliphatic heterocycles. The van der Waals surface area contributed by atoms with Crippen molar-refractivity contribution < 1.29 is 22.9 Å². The highest BCUT2D eigenvalue weighted by atomic mass is 32.2. The van der Waals surface area contributed by atoms with Gasteiger partial charge in [-0.05, 0) is 56.2 Å². The standard InChI is InChI=1S/C34H36N4O6S/c1-25(2)35-34(40)32(22-27-10-6-4-7-11-27)36(23-28-16-14-26(3)15-17-28)33(39)24-37(29-18-20-30(21-19-29)38(41)42)45(43,44)31-12-8-5-9-13-31/h4-21,25,32H,22-24H2,1-3H3,(H,35,40)/t32-/m1/s1. The number of aryl methyl sites for hydroxylation is 1. The smallest absolute Gasteiger partial charge is 0.269 e. The molecule has 4 rings (SSSR count). The number of nitro groups is 1. The van der Waals surface area contributed by atoms with Crippen LogP contribution in [0.1, 0.15) is 30.5 Å². The number of sulfonamides is 1. The number of nitro benzene ring substituents is 1. The zero-order chi connectivity index (χ0) is 32.6. The van der Waals surface area contributed by atoms with Gasteiger partial charge in [0.25, 0.3) is 15.7 Å². The highest BCUT2D eigenvalue weighted by molar-refractivity contribution is 7.92. The zero-order valence-corrected chi connectivity index (χ0v) is 26.2. The molecule has 4 aromatic carbocycles. The molecule has 234 valence electrons. The Hall–Kier alpha value is -5.03. The van der Waals surface area contributed by atoms with Crippen LogP contribution in [-0.2, 0) is 32.6 Å². The lowest BCUT2D eigenvalue weighted by molar-refractivity contribution is -0.384. The van der Waals surface area contributed by atoms with Gasteiger partial charge < -0.3 is 10.2 Å². The number of rotatable bonds is 13. The molecule has 0 heterocycles. The van der Waals surface area contributed by atoms with Crippen LogP contribution in [0, 0.1) is 17.0 Å². The van der Waals surface area contributed by atoms with E-state index in [2.05, 4.69) is 5.32 Å². The highest BCUT2D eigenvalue weighted by Gasteiger charge is 2.35. The Morgan fingerprint density at radius 2 is 1.40 bits per heavy atom. The van der Waals surface area contributed by atoms with Gasteiger partial charge in [-0.1, -0.05) is 78.4 Å². The van der Waals surface area contributed by atoms with Gasteiger partial charge in [-0.3, -0.25) is 24.0 Å². The largest absolute Gasteiger partial charge is 0.352 e. The van der Waals surface area contributed by atoms with Crippen LogP contribution in [0.15, 0.2) is 114 Å². The summed E-state index contributed by atoms with van der Waals surface area (Å²) in [6, 6.07) is 28.3. The number of hydrogen-bond donors (Lipinski definition) is 1. The van der Waals surface area contributed by atoms with Crippen molar-refractivity contribution in [2.45, 2.75) is 50.7 Å². The summed E-state index contributed by atoms with van der Waals surface area (Å²) < 4.78 is 28.9. The number of anilines is 1. The van der Waals surface area contributed by atoms with Crippen molar-refractivity contribution in [1.29, 1.82) is 0 Å². The van der Waals surface area contributed by atoms with Gasteiger partial charge in [0.05, 0.1) is 15.5 Å². The second kappa shape index (κ2) is 14.6. The fourth-order valence-corrected chi connectivity index (χ4v) is 6.25. The van der Waals surface area contributed by atoms with Crippen molar-refractivity contribution in [3.8, 4) is 0 Å². The SMILES string of the molecule is Cc1ccc(CN(C(=O)CN(c2ccc([N+](=O)[O-])cc2)S(=O)(=O)c2ccccc2)[C@H](Cc2ccccc2)C(=O)NC(C)C)cc1. The maximum absolute atomic E-state index is 14.4. The molecule has 0 aromatic heterocycles. The Balaban J connectivity index is 1.80. The number of nitrogens with zero attached hydrogens (tertiary/aromatic N) is 3. The number of hydrogen-bond acceptors (Lipinski definition) is 6. The Morgan fingerprint density at radius 1 is 0.822 bits per heavy atom. The van der Waals surface area contributed by atoms with Crippen molar-refractivity contribution in [3.63, 3.8) is 0 Å². The van der Waals surface area contributed by atoms with E-state index >= 15 is 0 Å². The number of benzene rings is 4. The molecular formula is C34H36N4O6S. The van der Waals surface area contributed by atoms with Crippen molar-refractivity contribution in [1.82, 2.24) is 10.2 Å². The van der Waals surface area contributed by atoms with Gasteiger partial charge in [-0.2, -0.15) is 0 Å². The minimum atomic E-state index is -4.30. The normalized spacial score (nSPS) is 11.9. The first-order chi connectivity index (χ1) is 21.5.